The summed E-state index contributed by atoms with van der Waals surface area (Å²) in [5.74, 6) is 0. The van der Waals surface area contributed by atoms with Gasteiger partial charge in [0.25, 0.3) is 0 Å². The van der Waals surface area contributed by atoms with Crippen LogP contribution in [0.5, 0.6) is 0 Å². The second kappa shape index (κ2) is 5.43. The molecule has 0 amide bonds. The second-order valence-electron chi connectivity index (χ2n) is 6.65. The van der Waals surface area contributed by atoms with E-state index in [-0.39, 0.29) is 0 Å². The molecule has 0 bridgehead atoms. The van der Waals surface area contributed by atoms with E-state index in [0.717, 1.165) is 0 Å². The fraction of sp³-hybridized carbons (Fsp3) is 0.312. The van der Waals surface area contributed by atoms with Crippen LogP contribution < -0.4 is 10.5 Å². The molecule has 1 nitrogen and oxygen atoms in total. The van der Waals surface area contributed by atoms with E-state index in [4.69, 9.17) is 4.98 Å². The van der Waals surface area contributed by atoms with Gasteiger partial charge in [-0.05, 0) is 12.1 Å². The molecular formula is C16H23NSi2. The molecule has 1 heterocycles. The number of hydrogen-bond donors (Lipinski definition) is 0. The van der Waals surface area contributed by atoms with E-state index in [2.05, 4.69) is 68.7 Å². The molecule has 0 radical (unpaired) electrons. The van der Waals surface area contributed by atoms with Crippen LogP contribution >= 0.6 is 0 Å². The van der Waals surface area contributed by atoms with E-state index in [1.807, 2.05) is 12.3 Å². The van der Waals surface area contributed by atoms with Crippen LogP contribution in [0.1, 0.15) is 0 Å². The Morgan fingerprint density at radius 2 is 1.47 bits per heavy atom. The second-order valence-corrected chi connectivity index (χ2v) is 16.9. The largest absolute Gasteiger partial charge is 0.266 e. The van der Waals surface area contributed by atoms with E-state index in [9.17, 15) is 0 Å². The molecule has 1 aromatic carbocycles. The van der Waals surface area contributed by atoms with Crippen molar-refractivity contribution in [3.8, 4) is 0 Å². The van der Waals surface area contributed by atoms with Crippen molar-refractivity contribution in [2.45, 2.75) is 31.9 Å². The minimum absolute atomic E-state index is 1.14. The SMILES string of the molecule is C[Si](C)(C)C[Si](C)(c1ccccc1)c1ccccn1. The van der Waals surface area contributed by atoms with Crippen molar-refractivity contribution in [3.05, 3.63) is 54.7 Å². The molecule has 0 spiro atoms. The summed E-state index contributed by atoms with van der Waals surface area (Å²) in [6.07, 6.45) is 1.94. The number of rotatable bonds is 4. The first kappa shape index (κ1) is 14.2. The van der Waals surface area contributed by atoms with Crippen LogP contribution in [0.4, 0.5) is 0 Å². The average Bonchev–Trinajstić information content (AvgIpc) is 2.39. The van der Waals surface area contributed by atoms with Crippen LogP contribution in [0.25, 0.3) is 0 Å². The van der Waals surface area contributed by atoms with Gasteiger partial charge in [0.15, 0.2) is 0 Å². The first-order chi connectivity index (χ1) is 8.92. The molecule has 0 fully saturated rings. The zero-order valence-electron chi connectivity index (χ0n) is 12.4. The van der Waals surface area contributed by atoms with Gasteiger partial charge in [0.1, 0.15) is 8.07 Å². The third-order valence-electron chi connectivity index (χ3n) is 3.53. The van der Waals surface area contributed by atoms with Crippen molar-refractivity contribution < 1.29 is 0 Å². The van der Waals surface area contributed by atoms with Gasteiger partial charge in [-0.2, -0.15) is 0 Å². The summed E-state index contributed by atoms with van der Waals surface area (Å²) >= 11 is 0. The molecule has 100 valence electrons. The van der Waals surface area contributed by atoms with E-state index in [0.29, 0.717) is 0 Å². The quantitative estimate of drug-likeness (QED) is 0.787. The standard InChI is InChI=1S/C16H23NSi2/c1-18(2,3)14-19(4,15-10-6-5-7-11-15)16-12-8-9-13-17-16/h5-13H,14H2,1-4H3. The fourth-order valence-corrected chi connectivity index (χ4v) is 15.0. The fourth-order valence-electron chi connectivity index (χ4n) is 2.90. The Bertz CT molecular complexity index is 478. The molecule has 0 N–H and O–H groups in total. The molecule has 1 atom stereocenters. The van der Waals surface area contributed by atoms with Crippen molar-refractivity contribution in [2.75, 3.05) is 0 Å². The normalized spacial score (nSPS) is 14.9. The molecular weight excluding hydrogens is 262 g/mol. The zero-order chi connectivity index (χ0) is 13.9. The lowest BCUT2D eigenvalue weighted by atomic mass is 10.4. The summed E-state index contributed by atoms with van der Waals surface area (Å²) in [4.78, 5) is 4.70. The summed E-state index contributed by atoms with van der Waals surface area (Å²) in [6.45, 7) is 9.86. The van der Waals surface area contributed by atoms with Gasteiger partial charge in [-0.25, -0.2) is 0 Å². The van der Waals surface area contributed by atoms with Crippen LogP contribution in [0.3, 0.4) is 0 Å². The van der Waals surface area contributed by atoms with Crippen LogP contribution in [-0.2, 0) is 0 Å². The number of nitrogens with zero attached hydrogens (tertiary/aromatic N) is 1. The Labute approximate surface area is 118 Å². The third kappa shape index (κ3) is 3.42. The predicted octanol–water partition coefficient (Wildman–Crippen LogP) is 3.15. The first-order valence-electron chi connectivity index (χ1n) is 6.89. The van der Waals surface area contributed by atoms with Crippen molar-refractivity contribution in [2.24, 2.45) is 0 Å². The molecule has 0 aliphatic carbocycles. The highest BCUT2D eigenvalue weighted by Gasteiger charge is 2.37. The lowest BCUT2D eigenvalue weighted by Gasteiger charge is -2.33. The minimum Gasteiger partial charge on any atom is -0.266 e. The Hall–Kier alpha value is -1.20. The van der Waals surface area contributed by atoms with Gasteiger partial charge < -0.3 is 0 Å². The Balaban J connectivity index is 2.51. The molecule has 0 saturated heterocycles. The predicted molar refractivity (Wildman–Crippen MR) is 89.7 cm³/mol. The molecule has 0 aliphatic rings. The maximum atomic E-state index is 4.70. The lowest BCUT2D eigenvalue weighted by Crippen LogP contribution is -2.60. The Kier molecular flexibility index (Phi) is 4.06. The van der Waals surface area contributed by atoms with Gasteiger partial charge in [0.2, 0.25) is 0 Å². The van der Waals surface area contributed by atoms with E-state index >= 15 is 0 Å². The van der Waals surface area contributed by atoms with Crippen LogP contribution in [0, 0.1) is 0 Å². The summed E-state index contributed by atoms with van der Waals surface area (Å²) in [7, 11) is -2.82. The molecule has 1 aromatic heterocycles. The van der Waals surface area contributed by atoms with E-state index in [1.54, 1.807) is 0 Å². The van der Waals surface area contributed by atoms with Crippen LogP contribution in [0.2, 0.25) is 31.9 Å². The molecule has 0 aliphatic heterocycles. The number of pyridine rings is 1. The van der Waals surface area contributed by atoms with Gasteiger partial charge in [-0.15, -0.1) is 0 Å². The molecule has 2 rings (SSSR count). The maximum Gasteiger partial charge on any atom is 0.135 e. The molecule has 19 heavy (non-hydrogen) atoms. The van der Waals surface area contributed by atoms with Gasteiger partial charge in [0, 0.05) is 19.6 Å². The third-order valence-corrected chi connectivity index (χ3v) is 13.6. The number of hydrogen-bond acceptors (Lipinski definition) is 1. The van der Waals surface area contributed by atoms with Crippen molar-refractivity contribution in [1.82, 2.24) is 4.98 Å². The monoisotopic (exact) mass is 285 g/mol. The highest BCUT2D eigenvalue weighted by Crippen LogP contribution is 2.19. The molecule has 2 aromatic rings. The Morgan fingerprint density at radius 1 is 0.842 bits per heavy atom. The average molecular weight is 286 g/mol. The summed E-state index contributed by atoms with van der Waals surface area (Å²) < 4.78 is 0. The molecule has 3 heteroatoms. The smallest absolute Gasteiger partial charge is 0.135 e. The number of benzene rings is 1. The first-order valence-corrected chi connectivity index (χ1v) is 13.3. The van der Waals surface area contributed by atoms with Gasteiger partial charge in [-0.3, -0.25) is 4.98 Å². The van der Waals surface area contributed by atoms with Gasteiger partial charge in [-0.1, -0.05) is 73.4 Å². The highest BCUT2D eigenvalue weighted by atomic mass is 28.4. The van der Waals surface area contributed by atoms with Gasteiger partial charge in [0.05, 0.1) is 0 Å². The summed E-state index contributed by atoms with van der Waals surface area (Å²) in [5, 5.41) is 2.83. The zero-order valence-corrected chi connectivity index (χ0v) is 14.4. The van der Waals surface area contributed by atoms with Gasteiger partial charge >= 0.3 is 0 Å². The molecule has 0 saturated carbocycles. The lowest BCUT2D eigenvalue weighted by molar-refractivity contribution is 1.36. The van der Waals surface area contributed by atoms with Crippen LogP contribution in [-0.4, -0.2) is 21.1 Å². The highest BCUT2D eigenvalue weighted by molar-refractivity contribution is 7.08. The Morgan fingerprint density at radius 3 is 2.00 bits per heavy atom. The van der Waals surface area contributed by atoms with Crippen LogP contribution in [0.15, 0.2) is 54.7 Å². The van der Waals surface area contributed by atoms with E-state index in [1.165, 1.54) is 16.2 Å². The van der Waals surface area contributed by atoms with Crippen molar-refractivity contribution in [1.29, 1.82) is 0 Å². The topological polar surface area (TPSA) is 12.9 Å². The summed E-state index contributed by atoms with van der Waals surface area (Å²) in [6, 6.07) is 17.4. The van der Waals surface area contributed by atoms with E-state index < -0.39 is 16.1 Å². The number of aromatic nitrogens is 1. The van der Waals surface area contributed by atoms with Crippen molar-refractivity contribution in [3.63, 3.8) is 0 Å². The maximum absolute atomic E-state index is 4.70. The molecule has 1 unspecified atom stereocenters. The van der Waals surface area contributed by atoms with Crippen molar-refractivity contribution >= 4 is 26.7 Å². The summed E-state index contributed by atoms with van der Waals surface area (Å²) in [5.41, 5.74) is 1.35. The minimum atomic E-state index is -1.69.